The quantitative estimate of drug-likeness (QED) is 0.847. The summed E-state index contributed by atoms with van der Waals surface area (Å²) in [5.41, 5.74) is 0.878. The van der Waals surface area contributed by atoms with E-state index in [1.54, 1.807) is 12.4 Å². The third-order valence-electron chi connectivity index (χ3n) is 4.64. The normalized spacial score (nSPS) is 18.6. The number of hydrogen-bond donors (Lipinski definition) is 0. The van der Waals surface area contributed by atoms with Crippen molar-refractivity contribution >= 4 is 5.91 Å². The van der Waals surface area contributed by atoms with Gasteiger partial charge in [-0.2, -0.15) is 5.10 Å². The van der Waals surface area contributed by atoms with Crippen molar-refractivity contribution in [3.8, 4) is 0 Å². The van der Waals surface area contributed by atoms with E-state index in [0.29, 0.717) is 18.2 Å². The van der Waals surface area contributed by atoms with Crippen LogP contribution in [0, 0.1) is 0 Å². The van der Waals surface area contributed by atoms with Crippen molar-refractivity contribution in [1.82, 2.24) is 24.8 Å². The summed E-state index contributed by atoms with van der Waals surface area (Å²) < 4.78 is 7.14. The van der Waals surface area contributed by atoms with Crippen molar-refractivity contribution in [2.75, 3.05) is 13.1 Å². The average Bonchev–Trinajstić information content (AvgIpc) is 3.27. The molecule has 0 radical (unpaired) electrons. The Kier molecular flexibility index (Phi) is 4.73. The van der Waals surface area contributed by atoms with Gasteiger partial charge in [0.25, 0.3) is 5.91 Å². The van der Waals surface area contributed by atoms with E-state index in [-0.39, 0.29) is 11.9 Å². The lowest BCUT2D eigenvalue weighted by Crippen LogP contribution is -2.40. The van der Waals surface area contributed by atoms with Gasteiger partial charge >= 0.3 is 0 Å². The van der Waals surface area contributed by atoms with Crippen LogP contribution in [0.3, 0.4) is 0 Å². The van der Waals surface area contributed by atoms with Gasteiger partial charge in [0.15, 0.2) is 0 Å². The molecule has 3 rings (SSSR count). The second kappa shape index (κ2) is 6.93. The number of piperidine rings is 1. The molecule has 2 aromatic rings. The summed E-state index contributed by atoms with van der Waals surface area (Å²) in [5.74, 6) is 0.607. The lowest BCUT2D eigenvalue weighted by Gasteiger charge is -2.31. The van der Waals surface area contributed by atoms with Gasteiger partial charge in [-0.3, -0.25) is 4.79 Å². The molecule has 0 aliphatic carbocycles. The van der Waals surface area contributed by atoms with E-state index < -0.39 is 0 Å². The smallest absolute Gasteiger partial charge is 0.292 e. The highest BCUT2D eigenvalue weighted by molar-refractivity contribution is 5.91. The van der Waals surface area contributed by atoms with Crippen molar-refractivity contribution in [2.24, 2.45) is 0 Å². The third-order valence-corrected chi connectivity index (χ3v) is 4.64. The van der Waals surface area contributed by atoms with Gasteiger partial charge in [0.05, 0.1) is 11.7 Å². The fraction of sp³-hybridized carbons (Fsp3) is 0.625. The molecule has 3 heterocycles. The van der Waals surface area contributed by atoms with E-state index in [9.17, 15) is 4.79 Å². The SMILES string of the molecule is CCC(CC)c1cc(C(=O)N2CCC[C@H](n3cncn3)C2)on1. The molecule has 1 aliphatic rings. The second-order valence-corrected chi connectivity index (χ2v) is 6.05. The lowest BCUT2D eigenvalue weighted by molar-refractivity contribution is 0.0631. The summed E-state index contributed by atoms with van der Waals surface area (Å²) in [7, 11) is 0. The van der Waals surface area contributed by atoms with E-state index >= 15 is 0 Å². The topological polar surface area (TPSA) is 77.0 Å². The Hall–Kier alpha value is -2.18. The number of hydrogen-bond acceptors (Lipinski definition) is 5. The molecule has 0 N–H and O–H groups in total. The molecule has 23 heavy (non-hydrogen) atoms. The van der Waals surface area contributed by atoms with E-state index in [2.05, 4.69) is 29.1 Å². The molecule has 0 saturated carbocycles. The summed E-state index contributed by atoms with van der Waals surface area (Å²) in [4.78, 5) is 18.5. The Morgan fingerprint density at radius 3 is 2.96 bits per heavy atom. The highest BCUT2D eigenvalue weighted by Gasteiger charge is 2.28. The molecule has 0 bridgehead atoms. The van der Waals surface area contributed by atoms with Gasteiger partial charge in [-0.05, 0) is 25.7 Å². The van der Waals surface area contributed by atoms with Crippen molar-refractivity contribution in [3.63, 3.8) is 0 Å². The van der Waals surface area contributed by atoms with Gasteiger partial charge in [-0.1, -0.05) is 19.0 Å². The van der Waals surface area contributed by atoms with Gasteiger partial charge < -0.3 is 9.42 Å². The minimum absolute atomic E-state index is 0.0838. The maximum absolute atomic E-state index is 12.7. The maximum atomic E-state index is 12.7. The van der Waals surface area contributed by atoms with Crippen LogP contribution in [-0.4, -0.2) is 43.8 Å². The zero-order valence-corrected chi connectivity index (χ0v) is 13.7. The summed E-state index contributed by atoms with van der Waals surface area (Å²) in [6.45, 7) is 5.61. The molecule has 0 unspecified atom stereocenters. The molecule has 7 heteroatoms. The van der Waals surface area contributed by atoms with Crippen molar-refractivity contribution < 1.29 is 9.32 Å². The molecular weight excluding hydrogens is 294 g/mol. The van der Waals surface area contributed by atoms with Crippen LogP contribution in [0.1, 0.15) is 67.7 Å². The molecule has 1 amide bonds. The minimum atomic E-state index is -0.0838. The van der Waals surface area contributed by atoms with E-state index in [1.165, 1.54) is 6.33 Å². The van der Waals surface area contributed by atoms with Gasteiger partial charge in [0, 0.05) is 25.1 Å². The maximum Gasteiger partial charge on any atom is 0.292 e. The zero-order chi connectivity index (χ0) is 16.2. The number of amides is 1. The van der Waals surface area contributed by atoms with E-state index in [1.807, 2.05) is 9.58 Å². The predicted molar refractivity (Wildman–Crippen MR) is 84.0 cm³/mol. The van der Waals surface area contributed by atoms with E-state index in [4.69, 9.17) is 4.52 Å². The van der Waals surface area contributed by atoms with Gasteiger partial charge in [-0.15, -0.1) is 0 Å². The number of likely N-dealkylation sites (tertiary alicyclic amines) is 1. The van der Waals surface area contributed by atoms with Crippen LogP contribution in [0.25, 0.3) is 0 Å². The Bertz CT molecular complexity index is 633. The Morgan fingerprint density at radius 2 is 2.26 bits per heavy atom. The molecule has 2 aromatic heterocycles. The summed E-state index contributed by atoms with van der Waals surface area (Å²) in [5, 5.41) is 8.28. The predicted octanol–water partition coefficient (Wildman–Crippen LogP) is 2.65. The van der Waals surface area contributed by atoms with Crippen LogP contribution in [-0.2, 0) is 0 Å². The number of carbonyl (C=O) groups excluding carboxylic acids is 1. The average molecular weight is 317 g/mol. The molecule has 124 valence electrons. The standard InChI is InChI=1S/C16H23N5O2/c1-3-12(4-2)14-8-15(23-19-14)16(22)20-7-5-6-13(9-20)21-11-17-10-18-21/h8,10-13H,3-7,9H2,1-2H3/t13-/m0/s1. The van der Waals surface area contributed by atoms with Crippen LogP contribution in [0.15, 0.2) is 23.2 Å². The molecule has 1 atom stereocenters. The number of nitrogens with zero attached hydrogens (tertiary/aromatic N) is 5. The molecular formula is C16H23N5O2. The van der Waals surface area contributed by atoms with Crippen molar-refractivity contribution in [3.05, 3.63) is 30.2 Å². The first-order valence-corrected chi connectivity index (χ1v) is 8.32. The van der Waals surface area contributed by atoms with E-state index in [0.717, 1.165) is 37.9 Å². The molecule has 0 aromatic carbocycles. The minimum Gasteiger partial charge on any atom is -0.351 e. The summed E-state index contributed by atoms with van der Waals surface area (Å²) >= 11 is 0. The molecule has 1 fully saturated rings. The molecule has 7 nitrogen and oxygen atoms in total. The monoisotopic (exact) mass is 317 g/mol. The van der Waals surface area contributed by atoms with Crippen LogP contribution in [0.5, 0.6) is 0 Å². The van der Waals surface area contributed by atoms with Gasteiger partial charge in [0.2, 0.25) is 5.76 Å². The first-order chi connectivity index (χ1) is 11.2. The largest absolute Gasteiger partial charge is 0.351 e. The zero-order valence-electron chi connectivity index (χ0n) is 13.7. The fourth-order valence-electron chi connectivity index (χ4n) is 3.21. The third kappa shape index (κ3) is 3.28. The Balaban J connectivity index is 1.70. The van der Waals surface area contributed by atoms with Crippen molar-refractivity contribution in [2.45, 2.75) is 51.5 Å². The highest BCUT2D eigenvalue weighted by Crippen LogP contribution is 2.25. The van der Waals surface area contributed by atoms with Crippen molar-refractivity contribution in [1.29, 1.82) is 0 Å². The van der Waals surface area contributed by atoms with Crippen LogP contribution >= 0.6 is 0 Å². The van der Waals surface area contributed by atoms with Gasteiger partial charge in [-0.25, -0.2) is 9.67 Å². The molecule has 0 spiro atoms. The second-order valence-electron chi connectivity index (χ2n) is 6.05. The lowest BCUT2D eigenvalue weighted by atomic mass is 9.99. The Morgan fingerprint density at radius 1 is 1.43 bits per heavy atom. The summed E-state index contributed by atoms with van der Waals surface area (Å²) in [6, 6.07) is 1.98. The molecule has 1 aliphatic heterocycles. The summed E-state index contributed by atoms with van der Waals surface area (Å²) in [6.07, 6.45) is 7.17. The van der Waals surface area contributed by atoms with Crippen LogP contribution in [0.2, 0.25) is 0 Å². The van der Waals surface area contributed by atoms with Crippen LogP contribution in [0.4, 0.5) is 0 Å². The van der Waals surface area contributed by atoms with Crippen LogP contribution < -0.4 is 0 Å². The molecule has 1 saturated heterocycles. The first kappa shape index (κ1) is 15.7. The first-order valence-electron chi connectivity index (χ1n) is 8.32. The Labute approximate surface area is 135 Å². The highest BCUT2D eigenvalue weighted by atomic mass is 16.5. The number of rotatable bonds is 5. The number of carbonyl (C=O) groups is 1. The fourth-order valence-corrected chi connectivity index (χ4v) is 3.21. The number of aromatic nitrogens is 4. The van der Waals surface area contributed by atoms with Gasteiger partial charge in [0.1, 0.15) is 12.7 Å².